The van der Waals surface area contributed by atoms with E-state index in [0.29, 0.717) is 45.9 Å². The van der Waals surface area contributed by atoms with Crippen molar-refractivity contribution in [2.45, 2.75) is 6.42 Å². The second kappa shape index (κ2) is 8.84. The fraction of sp³-hybridized carbons (Fsp3) is 0.0769. The standard InChI is InChI=1S/C26H19ClN2O4/c27-18-5-1-16(2-6-18)22-14-28-29-24(22)11-12-32-20-9-10-21-25(13-20)33-15-23(26(21)31)17-3-7-19(30)8-4-17/h1-10,13-15,30H,11-12H2,(H,28,29). The Morgan fingerprint density at radius 3 is 2.48 bits per heavy atom. The van der Waals surface area contributed by atoms with Crippen LogP contribution < -0.4 is 10.2 Å². The fourth-order valence-corrected chi connectivity index (χ4v) is 3.82. The molecule has 0 aliphatic carbocycles. The fourth-order valence-electron chi connectivity index (χ4n) is 3.69. The summed E-state index contributed by atoms with van der Waals surface area (Å²) in [6, 6.07) is 19.2. The lowest BCUT2D eigenvalue weighted by Crippen LogP contribution is -2.06. The number of ether oxygens (including phenoxy) is 1. The summed E-state index contributed by atoms with van der Waals surface area (Å²) in [6.07, 6.45) is 3.85. The van der Waals surface area contributed by atoms with Crippen molar-refractivity contribution in [3.8, 4) is 33.8 Å². The molecule has 5 rings (SSSR count). The van der Waals surface area contributed by atoms with E-state index in [9.17, 15) is 9.90 Å². The van der Waals surface area contributed by atoms with E-state index in [1.54, 1.807) is 36.5 Å². The van der Waals surface area contributed by atoms with Gasteiger partial charge in [-0.3, -0.25) is 9.89 Å². The monoisotopic (exact) mass is 458 g/mol. The van der Waals surface area contributed by atoms with Crippen LogP contribution in [-0.2, 0) is 6.42 Å². The number of phenols is 1. The predicted octanol–water partition coefficient (Wildman–Crippen LogP) is 5.83. The summed E-state index contributed by atoms with van der Waals surface area (Å²) in [5.41, 5.74) is 4.41. The van der Waals surface area contributed by atoms with Crippen LogP contribution in [-0.4, -0.2) is 21.9 Å². The van der Waals surface area contributed by atoms with Gasteiger partial charge < -0.3 is 14.3 Å². The maximum absolute atomic E-state index is 12.9. The van der Waals surface area contributed by atoms with Crippen molar-refractivity contribution in [2.75, 3.05) is 6.61 Å². The number of H-pyrrole nitrogens is 1. The van der Waals surface area contributed by atoms with Gasteiger partial charge in [0.15, 0.2) is 5.43 Å². The zero-order valence-corrected chi connectivity index (χ0v) is 18.2. The van der Waals surface area contributed by atoms with Gasteiger partial charge in [0.2, 0.25) is 0 Å². The number of nitrogens with zero attached hydrogens (tertiary/aromatic N) is 1. The van der Waals surface area contributed by atoms with Crippen LogP contribution in [0.4, 0.5) is 0 Å². The minimum absolute atomic E-state index is 0.140. The number of benzene rings is 3. The van der Waals surface area contributed by atoms with Crippen LogP contribution in [0.2, 0.25) is 5.02 Å². The Morgan fingerprint density at radius 2 is 1.70 bits per heavy atom. The van der Waals surface area contributed by atoms with Gasteiger partial charge in [0, 0.05) is 28.8 Å². The van der Waals surface area contributed by atoms with Gasteiger partial charge in [0.05, 0.1) is 23.8 Å². The van der Waals surface area contributed by atoms with Crippen LogP contribution in [0.25, 0.3) is 33.2 Å². The van der Waals surface area contributed by atoms with Gasteiger partial charge in [-0.1, -0.05) is 35.9 Å². The van der Waals surface area contributed by atoms with Gasteiger partial charge in [-0.05, 0) is 47.5 Å². The molecule has 2 heterocycles. The lowest BCUT2D eigenvalue weighted by atomic mass is 10.1. The highest BCUT2D eigenvalue weighted by atomic mass is 35.5. The van der Waals surface area contributed by atoms with E-state index < -0.39 is 0 Å². The number of fused-ring (bicyclic) bond motifs is 1. The molecule has 0 unspecified atom stereocenters. The Bertz CT molecular complexity index is 1470. The number of rotatable bonds is 6. The molecule has 0 atom stereocenters. The minimum atomic E-state index is -0.140. The number of aromatic hydroxyl groups is 1. The van der Waals surface area contributed by atoms with Gasteiger partial charge in [-0.2, -0.15) is 5.10 Å². The molecule has 0 saturated heterocycles. The quantitative estimate of drug-likeness (QED) is 0.334. The molecule has 2 aromatic heterocycles. The highest BCUT2D eigenvalue weighted by Gasteiger charge is 2.11. The third kappa shape index (κ3) is 4.33. The maximum Gasteiger partial charge on any atom is 0.200 e. The number of halogens is 1. The molecule has 164 valence electrons. The number of phenolic OH excluding ortho intramolecular Hbond substituents is 1. The Hall–Kier alpha value is -4.03. The number of aromatic nitrogens is 2. The summed E-state index contributed by atoms with van der Waals surface area (Å²) in [7, 11) is 0. The van der Waals surface area contributed by atoms with Crippen molar-refractivity contribution in [3.63, 3.8) is 0 Å². The second-order valence-electron chi connectivity index (χ2n) is 7.55. The second-order valence-corrected chi connectivity index (χ2v) is 7.99. The molecule has 0 fully saturated rings. The molecule has 0 radical (unpaired) electrons. The van der Waals surface area contributed by atoms with Gasteiger partial charge in [-0.15, -0.1) is 0 Å². The number of hydrogen-bond acceptors (Lipinski definition) is 5. The SMILES string of the molecule is O=c1c(-c2ccc(O)cc2)coc2cc(OCCc3[nH]ncc3-c3ccc(Cl)cc3)ccc12. The van der Waals surface area contributed by atoms with Crippen LogP contribution in [0.1, 0.15) is 5.69 Å². The van der Waals surface area contributed by atoms with Crippen molar-refractivity contribution >= 4 is 22.6 Å². The summed E-state index contributed by atoms with van der Waals surface area (Å²) >= 11 is 5.98. The molecule has 33 heavy (non-hydrogen) atoms. The van der Waals surface area contributed by atoms with Crippen molar-refractivity contribution in [1.82, 2.24) is 10.2 Å². The zero-order valence-electron chi connectivity index (χ0n) is 17.4. The maximum atomic E-state index is 12.9. The third-order valence-corrected chi connectivity index (χ3v) is 5.67. The first kappa shape index (κ1) is 20.8. The predicted molar refractivity (Wildman–Crippen MR) is 128 cm³/mol. The van der Waals surface area contributed by atoms with Crippen LogP contribution in [0.3, 0.4) is 0 Å². The Balaban J connectivity index is 1.31. The van der Waals surface area contributed by atoms with Crippen LogP contribution in [0.5, 0.6) is 11.5 Å². The molecule has 0 aliphatic heterocycles. The van der Waals surface area contributed by atoms with Crippen LogP contribution in [0.15, 0.2) is 88.4 Å². The van der Waals surface area contributed by atoms with Crippen molar-refractivity contribution < 1.29 is 14.3 Å². The van der Waals surface area contributed by atoms with Gasteiger partial charge in [0.25, 0.3) is 0 Å². The van der Waals surface area contributed by atoms with Gasteiger partial charge in [0.1, 0.15) is 23.3 Å². The third-order valence-electron chi connectivity index (χ3n) is 5.42. The Morgan fingerprint density at radius 1 is 0.970 bits per heavy atom. The lowest BCUT2D eigenvalue weighted by molar-refractivity contribution is 0.320. The van der Waals surface area contributed by atoms with Crippen molar-refractivity contribution in [1.29, 1.82) is 0 Å². The van der Waals surface area contributed by atoms with Crippen LogP contribution in [0, 0.1) is 0 Å². The molecule has 0 aliphatic rings. The minimum Gasteiger partial charge on any atom is -0.508 e. The molecule has 5 aromatic rings. The van der Waals surface area contributed by atoms with E-state index in [2.05, 4.69) is 10.2 Å². The van der Waals surface area contributed by atoms with Crippen molar-refractivity contribution in [3.05, 3.63) is 100 Å². The first-order valence-corrected chi connectivity index (χ1v) is 10.7. The van der Waals surface area contributed by atoms with E-state index in [1.807, 2.05) is 24.3 Å². The number of hydrogen-bond donors (Lipinski definition) is 2. The lowest BCUT2D eigenvalue weighted by Gasteiger charge is -2.08. The van der Waals surface area contributed by atoms with Gasteiger partial charge in [-0.25, -0.2) is 0 Å². The molecular formula is C26H19ClN2O4. The molecule has 0 spiro atoms. The van der Waals surface area contributed by atoms with Gasteiger partial charge >= 0.3 is 0 Å². The summed E-state index contributed by atoms with van der Waals surface area (Å²) in [4.78, 5) is 12.9. The molecule has 0 saturated carbocycles. The normalized spacial score (nSPS) is 11.1. The summed E-state index contributed by atoms with van der Waals surface area (Å²) in [6.45, 7) is 0.421. The smallest absolute Gasteiger partial charge is 0.200 e. The van der Waals surface area contributed by atoms with Crippen molar-refractivity contribution in [2.24, 2.45) is 0 Å². The number of aromatic amines is 1. The molecule has 0 bridgehead atoms. The van der Waals surface area contributed by atoms with E-state index in [1.165, 1.54) is 18.4 Å². The van der Waals surface area contributed by atoms with E-state index >= 15 is 0 Å². The summed E-state index contributed by atoms with van der Waals surface area (Å²) in [5, 5.41) is 17.8. The topological polar surface area (TPSA) is 88.4 Å². The average Bonchev–Trinajstić information content (AvgIpc) is 3.29. The zero-order chi connectivity index (χ0) is 22.8. The Labute approximate surface area is 194 Å². The Kier molecular flexibility index (Phi) is 5.59. The first-order valence-electron chi connectivity index (χ1n) is 10.3. The van der Waals surface area contributed by atoms with E-state index in [0.717, 1.165) is 16.8 Å². The largest absolute Gasteiger partial charge is 0.508 e. The molecular weight excluding hydrogens is 440 g/mol. The summed E-state index contributed by atoms with van der Waals surface area (Å²) < 4.78 is 11.6. The highest BCUT2D eigenvalue weighted by Crippen LogP contribution is 2.26. The molecule has 2 N–H and O–H groups in total. The molecule has 3 aromatic carbocycles. The summed E-state index contributed by atoms with van der Waals surface area (Å²) in [5.74, 6) is 0.747. The molecule has 6 nitrogen and oxygen atoms in total. The van der Waals surface area contributed by atoms with E-state index in [4.69, 9.17) is 20.8 Å². The average molecular weight is 459 g/mol. The molecule has 7 heteroatoms. The van der Waals surface area contributed by atoms with Crippen LogP contribution >= 0.6 is 11.6 Å². The van der Waals surface area contributed by atoms with E-state index in [-0.39, 0.29) is 11.2 Å². The number of nitrogens with one attached hydrogen (secondary N) is 1. The first-order chi connectivity index (χ1) is 16.1. The molecule has 0 amide bonds. The highest BCUT2D eigenvalue weighted by molar-refractivity contribution is 6.30.